The highest BCUT2D eigenvalue weighted by Crippen LogP contribution is 2.57. The summed E-state index contributed by atoms with van der Waals surface area (Å²) in [6.07, 6.45) is 9.66. The van der Waals surface area contributed by atoms with Gasteiger partial charge in [0.25, 0.3) is 0 Å². The van der Waals surface area contributed by atoms with Gasteiger partial charge in [0.1, 0.15) is 5.82 Å². The van der Waals surface area contributed by atoms with Crippen LogP contribution in [-0.4, -0.2) is 11.5 Å². The predicted octanol–water partition coefficient (Wildman–Crippen LogP) is 6.46. The quantitative estimate of drug-likeness (QED) is 0.604. The minimum atomic E-state index is -0.119. The van der Waals surface area contributed by atoms with Gasteiger partial charge in [-0.15, -0.1) is 23.5 Å². The molecule has 0 unspecified atom stereocenters. The molecule has 22 heavy (non-hydrogen) atoms. The Balaban J connectivity index is 1.66. The van der Waals surface area contributed by atoms with E-state index in [4.69, 9.17) is 0 Å². The van der Waals surface area contributed by atoms with Crippen LogP contribution in [0.25, 0.3) is 0 Å². The molecule has 3 rings (SSSR count). The largest absolute Gasteiger partial charge is 0.207 e. The summed E-state index contributed by atoms with van der Waals surface area (Å²) in [6.45, 7) is 2.31. The lowest BCUT2D eigenvalue weighted by molar-refractivity contribution is 0.248. The van der Waals surface area contributed by atoms with Crippen molar-refractivity contribution in [3.63, 3.8) is 0 Å². The van der Waals surface area contributed by atoms with Crippen LogP contribution < -0.4 is 0 Å². The van der Waals surface area contributed by atoms with Gasteiger partial charge in [0.15, 0.2) is 0 Å². The van der Waals surface area contributed by atoms with Gasteiger partial charge in [-0.2, -0.15) is 0 Å². The van der Waals surface area contributed by atoms with Gasteiger partial charge in [0.05, 0.1) is 4.08 Å². The van der Waals surface area contributed by atoms with E-state index in [1.165, 1.54) is 62.0 Å². The van der Waals surface area contributed by atoms with Gasteiger partial charge in [-0.3, -0.25) is 0 Å². The highest BCUT2D eigenvalue weighted by atomic mass is 32.2. The van der Waals surface area contributed by atoms with Crippen LogP contribution in [0.3, 0.4) is 0 Å². The topological polar surface area (TPSA) is 0 Å². The summed E-state index contributed by atoms with van der Waals surface area (Å²) >= 11 is 4.19. The van der Waals surface area contributed by atoms with Gasteiger partial charge in [-0.25, -0.2) is 4.39 Å². The molecular formula is C19H27FS2. The third kappa shape index (κ3) is 3.84. The molecule has 0 amide bonds. The molecule has 1 aromatic rings. The predicted molar refractivity (Wildman–Crippen MR) is 98.0 cm³/mol. The van der Waals surface area contributed by atoms with E-state index < -0.39 is 0 Å². The summed E-state index contributed by atoms with van der Waals surface area (Å²) in [6, 6.07) is 7.30. The monoisotopic (exact) mass is 338 g/mol. The number of halogens is 1. The smallest absolute Gasteiger partial charge is 0.123 e. The molecule has 122 valence electrons. The van der Waals surface area contributed by atoms with Crippen molar-refractivity contribution in [1.29, 1.82) is 0 Å². The van der Waals surface area contributed by atoms with Crippen molar-refractivity contribution >= 4 is 23.5 Å². The van der Waals surface area contributed by atoms with Crippen LogP contribution in [0, 0.1) is 17.7 Å². The molecule has 0 aromatic heterocycles. The zero-order valence-electron chi connectivity index (χ0n) is 13.5. The van der Waals surface area contributed by atoms with Gasteiger partial charge >= 0.3 is 0 Å². The van der Waals surface area contributed by atoms with Gasteiger partial charge in [-0.1, -0.05) is 57.6 Å². The van der Waals surface area contributed by atoms with E-state index in [1.807, 2.05) is 12.1 Å². The standard InChI is InChI=1S/C19H27FS2/c1-2-3-15-4-6-16(7-5-15)14-19(21-12-13-22-19)17-8-10-18(20)11-9-17/h8-11,15-16H,2-7,12-14H2,1H3. The first kappa shape index (κ1) is 16.7. The minimum Gasteiger partial charge on any atom is -0.207 e. The molecule has 0 nitrogen and oxygen atoms in total. The Morgan fingerprint density at radius 3 is 2.18 bits per heavy atom. The van der Waals surface area contributed by atoms with Crippen LogP contribution in [0.4, 0.5) is 4.39 Å². The van der Waals surface area contributed by atoms with Crippen molar-refractivity contribution in [3.05, 3.63) is 35.6 Å². The fourth-order valence-corrected chi connectivity index (χ4v) is 7.55. The summed E-state index contributed by atoms with van der Waals surface area (Å²) in [5.74, 6) is 4.18. The molecule has 2 aliphatic rings. The molecule has 0 N–H and O–H groups in total. The number of rotatable bonds is 5. The number of thioether (sulfide) groups is 2. The van der Waals surface area contributed by atoms with E-state index >= 15 is 0 Å². The highest BCUT2D eigenvalue weighted by molar-refractivity contribution is 8.20. The Morgan fingerprint density at radius 2 is 1.59 bits per heavy atom. The van der Waals surface area contributed by atoms with Crippen molar-refractivity contribution in [2.75, 3.05) is 11.5 Å². The van der Waals surface area contributed by atoms with Crippen LogP contribution in [0.15, 0.2) is 24.3 Å². The van der Waals surface area contributed by atoms with Crippen molar-refractivity contribution in [1.82, 2.24) is 0 Å². The first-order valence-electron chi connectivity index (χ1n) is 8.76. The van der Waals surface area contributed by atoms with Gasteiger partial charge in [0.2, 0.25) is 0 Å². The molecule has 0 spiro atoms. The third-order valence-electron chi connectivity index (χ3n) is 5.26. The molecule has 0 radical (unpaired) electrons. The molecule has 3 heteroatoms. The SMILES string of the molecule is CCCC1CCC(CC2(c3ccc(F)cc3)SCCS2)CC1. The molecule has 1 aliphatic carbocycles. The maximum absolute atomic E-state index is 13.3. The second-order valence-electron chi connectivity index (χ2n) is 6.84. The lowest BCUT2D eigenvalue weighted by atomic mass is 9.78. The summed E-state index contributed by atoms with van der Waals surface area (Å²) in [4.78, 5) is 0. The Hall–Kier alpha value is -0.150. The van der Waals surface area contributed by atoms with Crippen LogP contribution in [0.2, 0.25) is 0 Å². The van der Waals surface area contributed by atoms with Crippen LogP contribution >= 0.6 is 23.5 Å². The minimum absolute atomic E-state index is 0.119. The molecule has 0 bridgehead atoms. The second kappa shape index (κ2) is 7.61. The number of hydrogen-bond donors (Lipinski definition) is 0. The molecule has 2 fully saturated rings. The number of hydrogen-bond acceptors (Lipinski definition) is 2. The zero-order chi connectivity index (χ0) is 15.4. The van der Waals surface area contributed by atoms with Gasteiger partial charge in [-0.05, 0) is 36.0 Å². The number of benzene rings is 1. The Labute approximate surface area is 143 Å². The molecule has 1 heterocycles. The van der Waals surface area contributed by atoms with Crippen LogP contribution in [0.5, 0.6) is 0 Å². The fourth-order valence-electron chi connectivity index (χ4n) is 4.07. The third-order valence-corrected chi connectivity index (χ3v) is 8.78. The summed E-state index contributed by atoms with van der Waals surface area (Å²) < 4.78 is 13.4. The van der Waals surface area contributed by atoms with Crippen molar-refractivity contribution in [2.45, 2.75) is 55.9 Å². The average molecular weight is 339 g/mol. The van der Waals surface area contributed by atoms with E-state index in [2.05, 4.69) is 30.4 Å². The molecule has 1 saturated heterocycles. The average Bonchev–Trinajstić information content (AvgIpc) is 3.00. The van der Waals surface area contributed by atoms with E-state index in [0.717, 1.165) is 11.8 Å². The lowest BCUT2D eigenvalue weighted by Crippen LogP contribution is -2.23. The molecule has 1 aromatic carbocycles. The fraction of sp³-hybridized carbons (Fsp3) is 0.684. The first-order chi connectivity index (χ1) is 10.7. The maximum Gasteiger partial charge on any atom is 0.123 e. The van der Waals surface area contributed by atoms with Gasteiger partial charge < -0.3 is 0 Å². The zero-order valence-corrected chi connectivity index (χ0v) is 15.2. The Bertz CT molecular complexity index is 457. The van der Waals surface area contributed by atoms with Gasteiger partial charge in [0, 0.05) is 11.5 Å². The van der Waals surface area contributed by atoms with E-state index in [0.29, 0.717) is 0 Å². The molecule has 0 atom stereocenters. The summed E-state index contributed by atoms with van der Waals surface area (Å²) in [5, 5.41) is 0. The van der Waals surface area contributed by atoms with Crippen LogP contribution in [-0.2, 0) is 4.08 Å². The normalized spacial score (nSPS) is 27.9. The summed E-state index contributed by atoms with van der Waals surface area (Å²) in [5.41, 5.74) is 1.33. The second-order valence-corrected chi connectivity index (χ2v) is 9.88. The first-order valence-corrected chi connectivity index (χ1v) is 10.7. The highest BCUT2D eigenvalue weighted by Gasteiger charge is 2.40. The van der Waals surface area contributed by atoms with Crippen molar-refractivity contribution in [3.8, 4) is 0 Å². The van der Waals surface area contributed by atoms with E-state index in [9.17, 15) is 4.39 Å². The van der Waals surface area contributed by atoms with E-state index in [1.54, 1.807) is 12.1 Å². The summed E-state index contributed by atoms with van der Waals surface area (Å²) in [7, 11) is 0. The lowest BCUT2D eigenvalue weighted by Gasteiger charge is -2.36. The Kier molecular flexibility index (Phi) is 5.78. The molecule has 1 saturated carbocycles. The van der Waals surface area contributed by atoms with E-state index in [-0.39, 0.29) is 9.90 Å². The van der Waals surface area contributed by atoms with Crippen molar-refractivity contribution in [2.24, 2.45) is 11.8 Å². The van der Waals surface area contributed by atoms with Crippen molar-refractivity contribution < 1.29 is 4.39 Å². The molecular weight excluding hydrogens is 311 g/mol. The Morgan fingerprint density at radius 1 is 1.00 bits per heavy atom. The van der Waals surface area contributed by atoms with Crippen LogP contribution in [0.1, 0.15) is 57.4 Å². The molecule has 1 aliphatic heterocycles. The maximum atomic E-state index is 13.3.